The van der Waals surface area contributed by atoms with Crippen LogP contribution >= 0.6 is 0 Å². The second-order valence-electron chi connectivity index (χ2n) is 5.70. The van der Waals surface area contributed by atoms with Gasteiger partial charge < -0.3 is 15.2 Å². The van der Waals surface area contributed by atoms with Crippen molar-refractivity contribution in [2.45, 2.75) is 37.6 Å². The zero-order valence-electron chi connectivity index (χ0n) is 11.9. The van der Waals surface area contributed by atoms with Crippen LogP contribution in [0.3, 0.4) is 0 Å². The van der Waals surface area contributed by atoms with Crippen molar-refractivity contribution < 1.29 is 9.59 Å². The van der Waals surface area contributed by atoms with Gasteiger partial charge in [0, 0.05) is 38.0 Å². The molecular formula is C14H18N4O3. The van der Waals surface area contributed by atoms with Gasteiger partial charge in [-0.3, -0.25) is 14.4 Å². The predicted molar refractivity (Wildman–Crippen MR) is 75.0 cm³/mol. The van der Waals surface area contributed by atoms with Gasteiger partial charge in [0.05, 0.1) is 0 Å². The first-order chi connectivity index (χ1) is 10.0. The Hall–Kier alpha value is -2.18. The van der Waals surface area contributed by atoms with Crippen LogP contribution in [0.4, 0.5) is 0 Å². The largest absolute Gasteiger partial charge is 0.349 e. The summed E-state index contributed by atoms with van der Waals surface area (Å²) in [5.41, 5.74) is -0.155. The number of aromatic nitrogens is 2. The minimum absolute atomic E-state index is 0.0198. The van der Waals surface area contributed by atoms with Gasteiger partial charge in [-0.25, -0.2) is 4.98 Å². The van der Waals surface area contributed by atoms with Crippen molar-refractivity contribution in [1.29, 1.82) is 0 Å². The first kappa shape index (κ1) is 13.8. The van der Waals surface area contributed by atoms with E-state index in [1.54, 1.807) is 11.9 Å². The molecule has 0 aromatic carbocycles. The highest BCUT2D eigenvalue weighted by atomic mass is 16.2. The summed E-state index contributed by atoms with van der Waals surface area (Å²) < 4.78 is 0. The zero-order chi connectivity index (χ0) is 15.0. The second-order valence-corrected chi connectivity index (χ2v) is 5.70. The van der Waals surface area contributed by atoms with Crippen molar-refractivity contribution in [3.05, 3.63) is 27.9 Å². The summed E-state index contributed by atoms with van der Waals surface area (Å²) in [6.07, 6.45) is 3.27. The van der Waals surface area contributed by atoms with E-state index in [1.165, 1.54) is 6.07 Å². The summed E-state index contributed by atoms with van der Waals surface area (Å²) in [4.78, 5) is 43.7. The third-order valence-corrected chi connectivity index (χ3v) is 4.09. The molecule has 1 atom stereocenters. The van der Waals surface area contributed by atoms with E-state index in [9.17, 15) is 14.4 Å². The number of amides is 2. The Kier molecular flexibility index (Phi) is 3.48. The van der Waals surface area contributed by atoms with Gasteiger partial charge in [-0.2, -0.15) is 0 Å². The monoisotopic (exact) mass is 290 g/mol. The zero-order valence-corrected chi connectivity index (χ0v) is 11.9. The molecule has 0 radical (unpaired) electrons. The average Bonchev–Trinajstić information content (AvgIpc) is 3.25. The lowest BCUT2D eigenvalue weighted by atomic mass is 10.2. The molecule has 1 saturated heterocycles. The van der Waals surface area contributed by atoms with Crippen LogP contribution in [-0.4, -0.2) is 46.3 Å². The molecule has 2 N–H and O–H groups in total. The summed E-state index contributed by atoms with van der Waals surface area (Å²) in [6, 6.07) is 1.23. The number of likely N-dealkylation sites (tertiary alicyclic amines) is 1. The Morgan fingerprint density at radius 3 is 2.81 bits per heavy atom. The molecule has 1 aliphatic heterocycles. The standard InChI is InChI=1S/C14H18N4O3/c1-18-9(4-5-12(18)20)7-15-14(21)10-6-11(19)17-13(16-10)8-2-3-8/h6,8-9H,2-5,7H2,1H3,(H,15,21)(H,16,17,19). The number of aromatic amines is 1. The number of hydrogen-bond donors (Lipinski definition) is 2. The van der Waals surface area contributed by atoms with Gasteiger partial charge in [0.1, 0.15) is 11.5 Å². The fourth-order valence-corrected chi connectivity index (χ4v) is 2.55. The first-order valence-electron chi connectivity index (χ1n) is 7.19. The molecule has 1 aromatic rings. The quantitative estimate of drug-likeness (QED) is 0.816. The molecule has 2 amide bonds. The van der Waals surface area contributed by atoms with Crippen LogP contribution in [0.5, 0.6) is 0 Å². The molecule has 1 saturated carbocycles. The topological polar surface area (TPSA) is 95.2 Å². The number of rotatable bonds is 4. The molecule has 1 unspecified atom stereocenters. The number of nitrogens with one attached hydrogen (secondary N) is 2. The summed E-state index contributed by atoms with van der Waals surface area (Å²) in [5, 5.41) is 2.76. The lowest BCUT2D eigenvalue weighted by Gasteiger charge is -2.19. The minimum atomic E-state index is -0.365. The fourth-order valence-electron chi connectivity index (χ4n) is 2.55. The Bertz CT molecular complexity index is 635. The van der Waals surface area contributed by atoms with Crippen LogP contribution in [0, 0.1) is 0 Å². The average molecular weight is 290 g/mol. The maximum Gasteiger partial charge on any atom is 0.270 e. The Morgan fingerprint density at radius 1 is 1.43 bits per heavy atom. The molecule has 7 heteroatoms. The number of H-pyrrole nitrogens is 1. The van der Waals surface area contributed by atoms with Crippen molar-refractivity contribution in [3.8, 4) is 0 Å². The normalized spacial score (nSPS) is 21.7. The molecule has 2 heterocycles. The van der Waals surface area contributed by atoms with Crippen molar-refractivity contribution >= 4 is 11.8 Å². The van der Waals surface area contributed by atoms with E-state index < -0.39 is 0 Å². The Balaban J connectivity index is 1.65. The first-order valence-corrected chi connectivity index (χ1v) is 7.19. The van der Waals surface area contributed by atoms with Crippen LogP contribution in [0.25, 0.3) is 0 Å². The summed E-state index contributed by atoms with van der Waals surface area (Å²) in [6.45, 7) is 0.383. The van der Waals surface area contributed by atoms with E-state index >= 15 is 0 Å². The van der Waals surface area contributed by atoms with Crippen molar-refractivity contribution in [2.75, 3.05) is 13.6 Å². The number of carbonyl (C=O) groups is 2. The Morgan fingerprint density at radius 2 is 2.19 bits per heavy atom. The molecule has 21 heavy (non-hydrogen) atoms. The van der Waals surface area contributed by atoms with E-state index in [4.69, 9.17) is 0 Å². The molecule has 2 aliphatic rings. The molecule has 0 bridgehead atoms. The predicted octanol–water partition coefficient (Wildman–Crippen LogP) is -0.00210. The van der Waals surface area contributed by atoms with Crippen LogP contribution in [-0.2, 0) is 4.79 Å². The Labute approximate surface area is 121 Å². The number of likely N-dealkylation sites (N-methyl/N-ethyl adjacent to an activating group) is 1. The van der Waals surface area contributed by atoms with Gasteiger partial charge in [0.15, 0.2) is 0 Å². The van der Waals surface area contributed by atoms with Gasteiger partial charge in [0.25, 0.3) is 11.5 Å². The van der Waals surface area contributed by atoms with Gasteiger partial charge in [0.2, 0.25) is 5.91 Å². The minimum Gasteiger partial charge on any atom is -0.349 e. The van der Waals surface area contributed by atoms with Crippen LogP contribution < -0.4 is 10.9 Å². The molecule has 3 rings (SSSR count). The van der Waals surface area contributed by atoms with Gasteiger partial charge in [-0.05, 0) is 19.3 Å². The summed E-state index contributed by atoms with van der Waals surface area (Å²) in [7, 11) is 1.74. The molecule has 1 aliphatic carbocycles. The molecule has 112 valence electrons. The number of hydrogen-bond acceptors (Lipinski definition) is 4. The lowest BCUT2D eigenvalue weighted by Crippen LogP contribution is -2.40. The molecule has 0 spiro atoms. The highest BCUT2D eigenvalue weighted by molar-refractivity contribution is 5.92. The molecule has 2 fully saturated rings. The highest BCUT2D eigenvalue weighted by Gasteiger charge is 2.29. The van der Waals surface area contributed by atoms with E-state index in [2.05, 4.69) is 15.3 Å². The number of nitrogens with zero attached hydrogens (tertiary/aromatic N) is 2. The van der Waals surface area contributed by atoms with Gasteiger partial charge >= 0.3 is 0 Å². The van der Waals surface area contributed by atoms with E-state index in [1.807, 2.05) is 0 Å². The SMILES string of the molecule is CN1C(=O)CCC1CNC(=O)c1cc(=O)[nH]c(C2CC2)n1. The molecule has 7 nitrogen and oxygen atoms in total. The molecular weight excluding hydrogens is 272 g/mol. The van der Waals surface area contributed by atoms with Gasteiger partial charge in [-0.1, -0.05) is 0 Å². The van der Waals surface area contributed by atoms with Crippen LogP contribution in [0.2, 0.25) is 0 Å². The smallest absolute Gasteiger partial charge is 0.270 e. The third-order valence-electron chi connectivity index (χ3n) is 4.09. The fraction of sp³-hybridized carbons (Fsp3) is 0.571. The maximum atomic E-state index is 12.1. The lowest BCUT2D eigenvalue weighted by molar-refractivity contribution is -0.127. The van der Waals surface area contributed by atoms with Crippen molar-refractivity contribution in [2.24, 2.45) is 0 Å². The summed E-state index contributed by atoms with van der Waals surface area (Å²) >= 11 is 0. The van der Waals surface area contributed by atoms with Gasteiger partial charge in [-0.15, -0.1) is 0 Å². The van der Waals surface area contributed by atoms with E-state index in [0.29, 0.717) is 18.8 Å². The van der Waals surface area contributed by atoms with Crippen LogP contribution in [0.15, 0.2) is 10.9 Å². The van der Waals surface area contributed by atoms with Crippen LogP contribution in [0.1, 0.15) is 47.9 Å². The van der Waals surface area contributed by atoms with E-state index in [0.717, 1.165) is 19.3 Å². The highest BCUT2D eigenvalue weighted by Crippen LogP contribution is 2.37. The van der Waals surface area contributed by atoms with Crippen molar-refractivity contribution in [3.63, 3.8) is 0 Å². The molecule has 1 aromatic heterocycles. The van der Waals surface area contributed by atoms with E-state index in [-0.39, 0.29) is 35.0 Å². The summed E-state index contributed by atoms with van der Waals surface area (Å²) in [5.74, 6) is 0.611. The maximum absolute atomic E-state index is 12.1. The third kappa shape index (κ3) is 2.96. The number of carbonyl (C=O) groups excluding carboxylic acids is 2. The van der Waals surface area contributed by atoms with Crippen molar-refractivity contribution in [1.82, 2.24) is 20.2 Å². The second kappa shape index (κ2) is 5.31.